The molecule has 3 aromatic rings. The lowest BCUT2D eigenvalue weighted by atomic mass is 10.1. The van der Waals surface area contributed by atoms with Gasteiger partial charge in [0.2, 0.25) is 0 Å². The van der Waals surface area contributed by atoms with E-state index >= 15 is 0 Å². The van der Waals surface area contributed by atoms with E-state index < -0.39 is 0 Å². The van der Waals surface area contributed by atoms with Crippen LogP contribution in [0.15, 0.2) is 16.0 Å². The Hall–Kier alpha value is -0.650. The van der Waals surface area contributed by atoms with Crippen LogP contribution in [0.2, 0.25) is 0 Å². The maximum Gasteiger partial charge on any atom is 0.103 e. The highest BCUT2D eigenvalue weighted by molar-refractivity contribution is 9.11. The Balaban J connectivity index is 2.29. The Morgan fingerprint density at radius 2 is 2.00 bits per heavy atom. The van der Waals surface area contributed by atoms with Crippen LogP contribution in [0.3, 0.4) is 0 Å². The fourth-order valence-corrected chi connectivity index (χ4v) is 5.59. The molecule has 0 aliphatic carbocycles. The van der Waals surface area contributed by atoms with E-state index in [0.717, 1.165) is 5.69 Å². The van der Waals surface area contributed by atoms with Crippen molar-refractivity contribution in [3.05, 3.63) is 27.2 Å². The smallest absolute Gasteiger partial charge is 0.103 e. The van der Waals surface area contributed by atoms with Crippen LogP contribution in [0.5, 0.6) is 0 Å². The van der Waals surface area contributed by atoms with E-state index in [9.17, 15) is 0 Å². The summed E-state index contributed by atoms with van der Waals surface area (Å²) in [5.74, 6) is 0. The Morgan fingerprint density at radius 1 is 1.24 bits per heavy atom. The number of aromatic nitrogens is 2. The van der Waals surface area contributed by atoms with Crippen molar-refractivity contribution in [3.63, 3.8) is 0 Å². The van der Waals surface area contributed by atoms with Gasteiger partial charge in [-0.1, -0.05) is 0 Å². The van der Waals surface area contributed by atoms with Crippen molar-refractivity contribution >= 4 is 48.0 Å². The molecular weight excluding hydrogens is 316 g/mol. The van der Waals surface area contributed by atoms with E-state index in [-0.39, 0.29) is 0 Å². The fraction of sp³-hybridized carbons (Fsp3) is 0.250. The van der Waals surface area contributed by atoms with Crippen LogP contribution < -0.4 is 0 Å². The standard InChI is InChI=1S/C12H11BrN2S2/c1-6-9-7(2)11(13)17-12(9)16-10(6)8-4-5-15(3)14-8/h4-5H,1-3H3. The van der Waals surface area contributed by atoms with Gasteiger partial charge in [0.1, 0.15) is 5.69 Å². The van der Waals surface area contributed by atoms with Gasteiger partial charge in [-0.3, -0.25) is 4.68 Å². The lowest BCUT2D eigenvalue weighted by Gasteiger charge is -1.95. The van der Waals surface area contributed by atoms with Crippen molar-refractivity contribution in [1.29, 1.82) is 0 Å². The van der Waals surface area contributed by atoms with Gasteiger partial charge >= 0.3 is 0 Å². The third-order valence-corrected chi connectivity index (χ3v) is 6.48. The summed E-state index contributed by atoms with van der Waals surface area (Å²) in [5.41, 5.74) is 3.78. The molecule has 0 spiro atoms. The van der Waals surface area contributed by atoms with Crippen molar-refractivity contribution in [2.45, 2.75) is 13.8 Å². The van der Waals surface area contributed by atoms with Crippen LogP contribution in [0, 0.1) is 13.8 Å². The number of halogens is 1. The predicted octanol–water partition coefficient (Wildman–Crippen LogP) is 4.74. The number of thiophene rings is 2. The van der Waals surface area contributed by atoms with E-state index in [1.165, 1.54) is 29.2 Å². The predicted molar refractivity (Wildman–Crippen MR) is 79.1 cm³/mol. The van der Waals surface area contributed by atoms with E-state index in [1.807, 2.05) is 40.6 Å². The van der Waals surface area contributed by atoms with Crippen molar-refractivity contribution in [1.82, 2.24) is 9.78 Å². The molecule has 0 saturated heterocycles. The van der Waals surface area contributed by atoms with Gasteiger partial charge in [-0.25, -0.2) is 0 Å². The molecule has 88 valence electrons. The SMILES string of the molecule is Cc1c(Br)sc2sc(-c3ccn(C)n3)c(C)c12. The van der Waals surface area contributed by atoms with Gasteiger partial charge in [0.15, 0.2) is 0 Å². The van der Waals surface area contributed by atoms with Gasteiger partial charge in [-0.2, -0.15) is 5.10 Å². The molecule has 0 unspecified atom stereocenters. The van der Waals surface area contributed by atoms with Gasteiger partial charge in [-0.15, -0.1) is 22.7 Å². The second kappa shape index (κ2) is 3.93. The largest absolute Gasteiger partial charge is 0.275 e. The van der Waals surface area contributed by atoms with Gasteiger partial charge in [0.25, 0.3) is 0 Å². The van der Waals surface area contributed by atoms with Gasteiger partial charge in [0, 0.05) is 18.6 Å². The Labute approximate surface area is 116 Å². The van der Waals surface area contributed by atoms with Crippen LogP contribution >= 0.6 is 38.6 Å². The quantitative estimate of drug-likeness (QED) is 0.631. The van der Waals surface area contributed by atoms with Gasteiger partial charge < -0.3 is 0 Å². The number of fused-ring (bicyclic) bond motifs is 1. The van der Waals surface area contributed by atoms with Crippen LogP contribution in [0.4, 0.5) is 0 Å². The van der Waals surface area contributed by atoms with E-state index in [4.69, 9.17) is 0 Å². The highest BCUT2D eigenvalue weighted by Gasteiger charge is 2.17. The minimum Gasteiger partial charge on any atom is -0.275 e. The molecule has 0 amide bonds. The fourth-order valence-electron chi connectivity index (χ4n) is 2.03. The van der Waals surface area contributed by atoms with Gasteiger partial charge in [-0.05, 0) is 47.0 Å². The first kappa shape index (κ1) is 11.4. The van der Waals surface area contributed by atoms with Crippen molar-refractivity contribution in [2.75, 3.05) is 0 Å². The summed E-state index contributed by atoms with van der Waals surface area (Å²) in [6.07, 6.45) is 1.99. The highest BCUT2D eigenvalue weighted by atomic mass is 79.9. The topological polar surface area (TPSA) is 17.8 Å². The lowest BCUT2D eigenvalue weighted by Crippen LogP contribution is -1.87. The first-order valence-corrected chi connectivity index (χ1v) is 7.68. The summed E-state index contributed by atoms with van der Waals surface area (Å²) in [7, 11) is 1.95. The summed E-state index contributed by atoms with van der Waals surface area (Å²) in [4.78, 5) is 1.29. The van der Waals surface area contributed by atoms with Crippen molar-refractivity contribution in [3.8, 4) is 10.6 Å². The van der Waals surface area contributed by atoms with Crippen molar-refractivity contribution in [2.24, 2.45) is 7.05 Å². The minimum absolute atomic E-state index is 1.08. The first-order valence-electron chi connectivity index (χ1n) is 5.26. The molecule has 0 atom stereocenters. The molecule has 2 nitrogen and oxygen atoms in total. The number of rotatable bonds is 1. The third kappa shape index (κ3) is 1.68. The average Bonchev–Trinajstić information content (AvgIpc) is 2.89. The van der Waals surface area contributed by atoms with E-state index in [2.05, 4.69) is 40.9 Å². The number of hydrogen-bond donors (Lipinski definition) is 0. The maximum absolute atomic E-state index is 4.49. The summed E-state index contributed by atoms with van der Waals surface area (Å²) < 4.78 is 4.48. The maximum atomic E-state index is 4.49. The molecule has 0 radical (unpaired) electrons. The Kier molecular flexibility index (Phi) is 2.65. The molecule has 0 aliphatic heterocycles. The second-order valence-electron chi connectivity index (χ2n) is 4.09. The monoisotopic (exact) mass is 326 g/mol. The van der Waals surface area contributed by atoms with E-state index in [0.29, 0.717) is 0 Å². The molecular formula is C12H11BrN2S2. The third-order valence-electron chi connectivity index (χ3n) is 2.91. The second-order valence-corrected chi connectivity index (χ2v) is 7.71. The molecule has 3 heterocycles. The summed E-state index contributed by atoms with van der Waals surface area (Å²) in [6.45, 7) is 4.36. The molecule has 0 fully saturated rings. The molecule has 0 aromatic carbocycles. The molecule has 3 rings (SSSR count). The zero-order valence-corrected chi connectivity index (χ0v) is 13.0. The summed E-state index contributed by atoms with van der Waals surface area (Å²) >= 11 is 7.27. The minimum atomic E-state index is 1.08. The zero-order valence-electron chi connectivity index (χ0n) is 9.74. The first-order chi connectivity index (χ1) is 8.08. The number of hydrogen-bond acceptors (Lipinski definition) is 3. The molecule has 0 saturated carbocycles. The molecule has 17 heavy (non-hydrogen) atoms. The Morgan fingerprint density at radius 3 is 2.59 bits per heavy atom. The lowest BCUT2D eigenvalue weighted by molar-refractivity contribution is 0.771. The summed E-state index contributed by atoms with van der Waals surface area (Å²) in [6, 6.07) is 2.08. The van der Waals surface area contributed by atoms with Crippen LogP contribution in [-0.4, -0.2) is 9.78 Å². The normalized spacial score (nSPS) is 11.5. The zero-order chi connectivity index (χ0) is 12.2. The molecule has 5 heteroatoms. The van der Waals surface area contributed by atoms with Crippen LogP contribution in [-0.2, 0) is 7.05 Å². The van der Waals surface area contributed by atoms with E-state index in [1.54, 1.807) is 0 Å². The molecule has 0 bridgehead atoms. The van der Waals surface area contributed by atoms with Gasteiger partial charge in [0.05, 0.1) is 12.7 Å². The average molecular weight is 327 g/mol. The number of nitrogens with zero attached hydrogens (tertiary/aromatic N) is 2. The molecule has 3 aromatic heterocycles. The Bertz CT molecular complexity index is 706. The molecule has 0 aliphatic rings. The summed E-state index contributed by atoms with van der Waals surface area (Å²) in [5, 5.41) is 5.88. The number of aryl methyl sites for hydroxylation is 3. The van der Waals surface area contributed by atoms with Crippen LogP contribution in [0.25, 0.3) is 20.0 Å². The highest BCUT2D eigenvalue weighted by Crippen LogP contribution is 2.45. The van der Waals surface area contributed by atoms with Crippen LogP contribution in [0.1, 0.15) is 11.1 Å². The molecule has 0 N–H and O–H groups in total. The van der Waals surface area contributed by atoms with Crippen molar-refractivity contribution < 1.29 is 0 Å².